The lowest BCUT2D eigenvalue weighted by atomic mass is 10.2. The molecule has 1 aromatic heterocycles. The quantitative estimate of drug-likeness (QED) is 0.629. The van der Waals surface area contributed by atoms with Crippen molar-refractivity contribution in [2.75, 3.05) is 5.32 Å². The standard InChI is InChI=1S/C12H11BrFN3O2S/c1-2-9(12-15-3-4-20-12)16-10-6-8(14)7(13)5-11(10)17(18)19/h3-6,9,16H,2H2,1H3. The number of nitrogens with one attached hydrogen (secondary N) is 1. The molecule has 1 heterocycles. The summed E-state index contributed by atoms with van der Waals surface area (Å²) in [4.78, 5) is 14.7. The van der Waals surface area contributed by atoms with Crippen LogP contribution < -0.4 is 5.32 Å². The summed E-state index contributed by atoms with van der Waals surface area (Å²) < 4.78 is 13.7. The molecule has 0 saturated carbocycles. The highest BCUT2D eigenvalue weighted by Crippen LogP contribution is 2.34. The van der Waals surface area contributed by atoms with Gasteiger partial charge in [0, 0.05) is 23.7 Å². The van der Waals surface area contributed by atoms with Crippen LogP contribution in [0.15, 0.2) is 28.2 Å². The fourth-order valence-corrected chi connectivity index (χ4v) is 2.84. The van der Waals surface area contributed by atoms with Crippen LogP contribution in [0.25, 0.3) is 0 Å². The van der Waals surface area contributed by atoms with Crippen molar-refractivity contribution < 1.29 is 9.31 Å². The third-order valence-electron chi connectivity index (χ3n) is 2.72. The highest BCUT2D eigenvalue weighted by atomic mass is 79.9. The number of nitrogens with zero attached hydrogens (tertiary/aromatic N) is 2. The number of nitro benzene ring substituents is 1. The van der Waals surface area contributed by atoms with E-state index in [2.05, 4.69) is 26.2 Å². The van der Waals surface area contributed by atoms with Gasteiger partial charge in [-0.1, -0.05) is 6.92 Å². The first kappa shape index (κ1) is 14.9. The molecule has 0 bridgehead atoms. The SMILES string of the molecule is CCC(Nc1cc(F)c(Br)cc1[N+](=O)[O-])c1nccs1. The predicted molar refractivity (Wildman–Crippen MR) is 79.5 cm³/mol. The first-order chi connectivity index (χ1) is 9.52. The van der Waals surface area contributed by atoms with E-state index in [9.17, 15) is 14.5 Å². The van der Waals surface area contributed by atoms with Gasteiger partial charge in [-0.15, -0.1) is 11.3 Å². The van der Waals surface area contributed by atoms with Crippen LogP contribution in [-0.4, -0.2) is 9.91 Å². The van der Waals surface area contributed by atoms with Gasteiger partial charge in [-0.3, -0.25) is 10.1 Å². The molecule has 0 aliphatic carbocycles. The number of hydrogen-bond donors (Lipinski definition) is 1. The van der Waals surface area contributed by atoms with Crippen LogP contribution in [-0.2, 0) is 0 Å². The molecule has 0 spiro atoms. The van der Waals surface area contributed by atoms with Gasteiger partial charge in [0.1, 0.15) is 16.5 Å². The Balaban J connectivity index is 2.37. The number of halogens is 2. The van der Waals surface area contributed by atoms with Crippen molar-refractivity contribution in [3.8, 4) is 0 Å². The van der Waals surface area contributed by atoms with E-state index in [1.807, 2.05) is 12.3 Å². The molecule has 2 rings (SSSR count). The second-order valence-corrected chi connectivity index (χ2v) is 5.80. The summed E-state index contributed by atoms with van der Waals surface area (Å²) in [7, 11) is 0. The highest BCUT2D eigenvalue weighted by molar-refractivity contribution is 9.10. The van der Waals surface area contributed by atoms with E-state index in [0.29, 0.717) is 6.42 Å². The summed E-state index contributed by atoms with van der Waals surface area (Å²) >= 11 is 4.40. The fourth-order valence-electron chi connectivity index (χ4n) is 1.74. The Morgan fingerprint density at radius 3 is 2.90 bits per heavy atom. The zero-order chi connectivity index (χ0) is 14.7. The van der Waals surface area contributed by atoms with Crippen LogP contribution in [0, 0.1) is 15.9 Å². The van der Waals surface area contributed by atoms with Crippen molar-refractivity contribution >= 4 is 38.6 Å². The number of aromatic nitrogens is 1. The smallest absolute Gasteiger partial charge is 0.293 e. The Hall–Kier alpha value is -1.54. The Bertz CT molecular complexity index is 621. The lowest BCUT2D eigenvalue weighted by Gasteiger charge is -2.16. The monoisotopic (exact) mass is 359 g/mol. The maximum atomic E-state index is 13.6. The first-order valence-corrected chi connectivity index (χ1v) is 7.49. The van der Waals surface area contributed by atoms with Gasteiger partial charge in [0.05, 0.1) is 15.4 Å². The second-order valence-electron chi connectivity index (χ2n) is 4.02. The van der Waals surface area contributed by atoms with Crippen molar-refractivity contribution in [1.29, 1.82) is 0 Å². The summed E-state index contributed by atoms with van der Waals surface area (Å²) in [5, 5.41) is 16.7. The molecule has 0 aliphatic rings. The van der Waals surface area contributed by atoms with Crippen molar-refractivity contribution in [3.05, 3.63) is 49.1 Å². The summed E-state index contributed by atoms with van der Waals surface area (Å²) in [5.74, 6) is -0.549. The van der Waals surface area contributed by atoms with E-state index in [0.717, 1.165) is 17.1 Å². The fraction of sp³-hybridized carbons (Fsp3) is 0.250. The minimum Gasteiger partial charge on any atom is -0.370 e. The van der Waals surface area contributed by atoms with E-state index in [-0.39, 0.29) is 21.9 Å². The first-order valence-electron chi connectivity index (χ1n) is 5.82. The molecule has 2 aromatic rings. The van der Waals surface area contributed by atoms with Crippen LogP contribution in [0.3, 0.4) is 0 Å². The van der Waals surface area contributed by atoms with Gasteiger partial charge in [-0.25, -0.2) is 9.37 Å². The zero-order valence-corrected chi connectivity index (χ0v) is 12.9. The van der Waals surface area contributed by atoms with Crippen molar-refractivity contribution in [2.24, 2.45) is 0 Å². The topological polar surface area (TPSA) is 68.1 Å². The average molecular weight is 360 g/mol. The maximum absolute atomic E-state index is 13.6. The van der Waals surface area contributed by atoms with Gasteiger partial charge in [0.25, 0.3) is 5.69 Å². The molecule has 106 valence electrons. The van der Waals surface area contributed by atoms with Crippen LogP contribution in [0.5, 0.6) is 0 Å². The van der Waals surface area contributed by atoms with Gasteiger partial charge in [0.2, 0.25) is 0 Å². The molecule has 20 heavy (non-hydrogen) atoms. The molecule has 0 fully saturated rings. The van der Waals surface area contributed by atoms with E-state index < -0.39 is 10.7 Å². The molecule has 1 unspecified atom stereocenters. The third-order valence-corrected chi connectivity index (χ3v) is 4.22. The van der Waals surface area contributed by atoms with E-state index in [1.54, 1.807) is 6.20 Å². The van der Waals surface area contributed by atoms with Gasteiger partial charge >= 0.3 is 0 Å². The van der Waals surface area contributed by atoms with Gasteiger partial charge in [0.15, 0.2) is 0 Å². The highest BCUT2D eigenvalue weighted by Gasteiger charge is 2.21. The summed E-state index contributed by atoms with van der Waals surface area (Å²) in [6.45, 7) is 1.93. The lowest BCUT2D eigenvalue weighted by molar-refractivity contribution is -0.384. The molecule has 1 aromatic carbocycles. The van der Waals surface area contributed by atoms with Gasteiger partial charge in [-0.05, 0) is 22.4 Å². The number of benzene rings is 1. The number of anilines is 1. The van der Waals surface area contributed by atoms with Crippen molar-refractivity contribution in [3.63, 3.8) is 0 Å². The summed E-state index contributed by atoms with van der Waals surface area (Å²) in [6.07, 6.45) is 2.35. The van der Waals surface area contributed by atoms with Gasteiger partial charge in [-0.2, -0.15) is 0 Å². The largest absolute Gasteiger partial charge is 0.370 e. The Kier molecular flexibility index (Phi) is 4.66. The molecule has 5 nitrogen and oxygen atoms in total. The van der Waals surface area contributed by atoms with E-state index in [1.165, 1.54) is 11.3 Å². The lowest BCUT2D eigenvalue weighted by Crippen LogP contribution is -2.11. The van der Waals surface area contributed by atoms with Crippen LogP contribution >= 0.6 is 27.3 Å². The third kappa shape index (κ3) is 3.13. The number of nitro groups is 1. The maximum Gasteiger partial charge on any atom is 0.293 e. The Morgan fingerprint density at radius 2 is 2.35 bits per heavy atom. The van der Waals surface area contributed by atoms with Crippen LogP contribution in [0.4, 0.5) is 15.8 Å². The molecule has 0 amide bonds. The van der Waals surface area contributed by atoms with Gasteiger partial charge < -0.3 is 5.32 Å². The molecule has 1 N–H and O–H groups in total. The van der Waals surface area contributed by atoms with E-state index >= 15 is 0 Å². The Morgan fingerprint density at radius 1 is 1.60 bits per heavy atom. The van der Waals surface area contributed by atoms with Crippen molar-refractivity contribution in [2.45, 2.75) is 19.4 Å². The minimum atomic E-state index is -0.549. The molecule has 1 atom stereocenters. The molecule has 0 saturated heterocycles. The van der Waals surface area contributed by atoms with Crippen molar-refractivity contribution in [1.82, 2.24) is 4.98 Å². The zero-order valence-electron chi connectivity index (χ0n) is 10.5. The van der Waals surface area contributed by atoms with Crippen LogP contribution in [0.2, 0.25) is 0 Å². The molecule has 0 radical (unpaired) electrons. The number of hydrogen-bond acceptors (Lipinski definition) is 5. The molecule has 8 heteroatoms. The predicted octanol–water partition coefficient (Wildman–Crippen LogP) is 4.52. The molecular weight excluding hydrogens is 349 g/mol. The summed E-state index contributed by atoms with van der Waals surface area (Å²) in [5.41, 5.74) is -0.0222. The summed E-state index contributed by atoms with van der Waals surface area (Å²) in [6, 6.07) is 2.10. The normalized spacial score (nSPS) is 12.2. The van der Waals surface area contributed by atoms with E-state index in [4.69, 9.17) is 0 Å². The molecule has 0 aliphatic heterocycles. The minimum absolute atomic E-state index is 0.0667. The number of thiazole rings is 1. The Labute approximate surface area is 127 Å². The molecular formula is C12H11BrFN3O2S. The average Bonchev–Trinajstić information content (AvgIpc) is 2.93. The second kappa shape index (κ2) is 6.27. The number of rotatable bonds is 5. The van der Waals surface area contributed by atoms with Crippen LogP contribution in [0.1, 0.15) is 24.4 Å².